The summed E-state index contributed by atoms with van der Waals surface area (Å²) in [7, 11) is 17.3. The third-order valence-corrected chi connectivity index (χ3v) is 15.7. The van der Waals surface area contributed by atoms with Crippen molar-refractivity contribution < 1.29 is 33.4 Å². The van der Waals surface area contributed by atoms with E-state index < -0.39 is 35.0 Å². The molecule has 7 aromatic carbocycles. The summed E-state index contributed by atoms with van der Waals surface area (Å²) in [5.74, 6) is -1.88. The molecule has 10 rings (SSSR count). The third kappa shape index (κ3) is 8.63. The minimum absolute atomic E-state index is 0.0246. The Morgan fingerprint density at radius 3 is 1.20 bits per heavy atom. The fourth-order valence-electron chi connectivity index (χ4n) is 10.3. The van der Waals surface area contributed by atoms with E-state index in [0.717, 1.165) is 50.6 Å². The van der Waals surface area contributed by atoms with Gasteiger partial charge in [-0.25, -0.2) is 9.59 Å². The average molecular weight is 1030 g/mol. The van der Waals surface area contributed by atoms with Crippen LogP contribution >= 0.6 is 11.3 Å². The van der Waals surface area contributed by atoms with Crippen molar-refractivity contribution in [1.29, 1.82) is 0 Å². The summed E-state index contributed by atoms with van der Waals surface area (Å²) >= 11 is 1.17. The Morgan fingerprint density at radius 2 is 0.868 bits per heavy atom. The summed E-state index contributed by atoms with van der Waals surface area (Å²) in [5.41, 5.74) is 14.1. The number of thiophene rings is 1. The van der Waals surface area contributed by atoms with Crippen molar-refractivity contribution in [3.05, 3.63) is 219 Å². The summed E-state index contributed by atoms with van der Waals surface area (Å²) in [5, 5.41) is 3.02. The topological polar surface area (TPSA) is 147 Å². The Balaban J connectivity index is 1.14. The van der Waals surface area contributed by atoms with Crippen LogP contribution in [-0.2, 0) is 27.2 Å². The van der Waals surface area contributed by atoms with Crippen LogP contribution in [0.15, 0.2) is 158 Å². The van der Waals surface area contributed by atoms with E-state index in [2.05, 4.69) is 5.32 Å². The lowest BCUT2D eigenvalue weighted by molar-refractivity contribution is 0.0242. The first-order chi connectivity index (χ1) is 36.4. The zero-order valence-corrected chi connectivity index (χ0v) is 44.7. The van der Waals surface area contributed by atoms with Crippen molar-refractivity contribution in [2.75, 3.05) is 83.1 Å². The van der Waals surface area contributed by atoms with Crippen LogP contribution in [0.4, 0.5) is 22.7 Å². The van der Waals surface area contributed by atoms with Crippen LogP contribution in [0.25, 0.3) is 20.9 Å². The van der Waals surface area contributed by atoms with Gasteiger partial charge in [0.25, 0.3) is 11.8 Å². The number of rotatable bonds is 15. The number of methoxy groups -OCH3 is 1. The van der Waals surface area contributed by atoms with Gasteiger partial charge < -0.3 is 44.9 Å². The number of cyclic esters (lactones) is 2. The molecular weight excluding hydrogens is 973 g/mol. The predicted molar refractivity (Wildman–Crippen MR) is 302 cm³/mol. The lowest BCUT2D eigenvalue weighted by Gasteiger charge is -2.31. The van der Waals surface area contributed by atoms with E-state index in [-0.39, 0.29) is 23.2 Å². The van der Waals surface area contributed by atoms with Gasteiger partial charge in [0.15, 0.2) is 11.2 Å². The molecule has 3 heterocycles. The number of carbonyl (C=O) groups is 4. The summed E-state index contributed by atoms with van der Waals surface area (Å²) in [6.45, 7) is 0.113. The zero-order chi connectivity index (χ0) is 53.8. The summed E-state index contributed by atoms with van der Waals surface area (Å²) < 4.78 is 18.5. The lowest BCUT2D eigenvalue weighted by Crippen LogP contribution is -2.29. The highest BCUT2D eigenvalue weighted by Gasteiger charge is 2.50. The number of primary amides is 1. The average Bonchev–Trinajstić information content (AvgIpc) is 4.11. The van der Waals surface area contributed by atoms with Crippen molar-refractivity contribution in [3.63, 3.8) is 0 Å². The highest BCUT2D eigenvalue weighted by Crippen LogP contribution is 2.52. The molecule has 0 unspecified atom stereocenters. The van der Waals surface area contributed by atoms with E-state index >= 15 is 0 Å². The summed E-state index contributed by atoms with van der Waals surface area (Å²) in [4.78, 5) is 66.7. The molecule has 384 valence electrons. The number of carbonyl (C=O) groups excluding carboxylic acids is 4. The van der Waals surface area contributed by atoms with Gasteiger partial charge in [-0.3, -0.25) is 9.59 Å². The van der Waals surface area contributed by atoms with E-state index in [1.165, 1.54) is 11.3 Å². The van der Waals surface area contributed by atoms with Gasteiger partial charge in [0.2, 0.25) is 0 Å². The molecule has 14 heteroatoms. The van der Waals surface area contributed by atoms with Crippen molar-refractivity contribution >= 4 is 57.8 Å². The Hall–Kier alpha value is -8.88. The second kappa shape index (κ2) is 19.8. The minimum Gasteiger partial charge on any atom is -0.497 e. The minimum atomic E-state index is -1.32. The number of ether oxygens (including phenoxy) is 3. The van der Waals surface area contributed by atoms with E-state index in [1.807, 2.05) is 209 Å². The quantitative estimate of drug-likeness (QED) is 0.0946. The number of nitrogens with zero attached hydrogens (tertiary/aromatic N) is 4. The molecule has 0 aliphatic carbocycles. The molecule has 76 heavy (non-hydrogen) atoms. The number of amides is 2. The fourth-order valence-corrected chi connectivity index (χ4v) is 11.6. The van der Waals surface area contributed by atoms with Gasteiger partial charge in [-0.1, -0.05) is 84.9 Å². The SMILES string of the molecule is COc1ccc(CNC(=O)c2c(-c3ccc4c(c3)C(=O)OC4(c3ccc(N(C)C)cc3)c3ccc(N(C)C)cc3)sc(-c3ccc4c(c3)C(=O)OC4(c3ccc(N(C)C)cc3)c3ccc(N(C)C)cc3)c2C(N)=O)cc1. The van der Waals surface area contributed by atoms with Gasteiger partial charge in [0.05, 0.1) is 29.4 Å². The molecule has 3 N–H and O–H groups in total. The molecule has 0 atom stereocenters. The molecule has 0 bridgehead atoms. The third-order valence-electron chi connectivity index (χ3n) is 14.4. The second-order valence-corrected chi connectivity index (χ2v) is 20.9. The molecule has 0 spiro atoms. The largest absolute Gasteiger partial charge is 0.497 e. The monoisotopic (exact) mass is 1030 g/mol. The molecule has 0 fully saturated rings. The smallest absolute Gasteiger partial charge is 0.340 e. The standard InChI is InChI=1S/C62H58N6O7S/c1-65(2)44-22-14-40(15-23-44)61(41-16-24-45(25-17-41)66(3)4)51-32-12-38(34-49(51)59(71)74-61)55-53(57(63)69)54(58(70)64-36-37-10-30-48(73-9)31-11-37)56(76-55)39-13-33-52-50(35-39)60(72)75-62(52,42-18-26-46(27-19-42)67(5)6)43-20-28-47(29-21-43)68(7)8/h10-35H,36H2,1-9H3,(H2,63,69)(H,64,70). The lowest BCUT2D eigenvalue weighted by atomic mass is 9.79. The van der Waals surface area contributed by atoms with Crippen LogP contribution in [0.1, 0.15) is 80.4 Å². The van der Waals surface area contributed by atoms with E-state index in [9.17, 15) is 19.2 Å². The fraction of sp³-hybridized carbons (Fsp3) is 0.194. The Bertz CT molecular complexity index is 3450. The van der Waals surface area contributed by atoms with Crippen molar-refractivity contribution in [1.82, 2.24) is 5.32 Å². The number of nitrogens with two attached hydrogens (primary N) is 1. The van der Waals surface area contributed by atoms with Crippen molar-refractivity contribution in [2.45, 2.75) is 17.7 Å². The molecule has 8 aromatic rings. The number of anilines is 4. The first kappa shape index (κ1) is 50.6. The first-order valence-electron chi connectivity index (χ1n) is 24.7. The van der Waals surface area contributed by atoms with Gasteiger partial charge in [0, 0.05) is 129 Å². The normalized spacial score (nSPS) is 13.8. The van der Waals surface area contributed by atoms with Crippen LogP contribution in [0.5, 0.6) is 5.75 Å². The molecule has 0 radical (unpaired) electrons. The molecule has 0 saturated carbocycles. The number of hydrogen-bond acceptors (Lipinski definition) is 12. The summed E-state index contributed by atoms with van der Waals surface area (Å²) in [6, 6.07) is 49.8. The molecule has 2 aliphatic heterocycles. The highest BCUT2D eigenvalue weighted by atomic mass is 32.1. The van der Waals surface area contributed by atoms with Crippen molar-refractivity contribution in [2.24, 2.45) is 5.73 Å². The predicted octanol–water partition coefficient (Wildman–Crippen LogP) is 10.3. The zero-order valence-electron chi connectivity index (χ0n) is 43.9. The Kier molecular flexibility index (Phi) is 13.2. The molecule has 0 saturated heterocycles. The molecule has 1 aromatic heterocycles. The van der Waals surface area contributed by atoms with Crippen LogP contribution < -0.4 is 35.4 Å². The van der Waals surface area contributed by atoms with Gasteiger partial charge in [-0.15, -0.1) is 11.3 Å². The van der Waals surface area contributed by atoms with Gasteiger partial charge in [-0.2, -0.15) is 0 Å². The van der Waals surface area contributed by atoms with E-state index in [0.29, 0.717) is 43.3 Å². The maximum atomic E-state index is 14.9. The Labute approximate surface area is 446 Å². The first-order valence-corrected chi connectivity index (χ1v) is 25.5. The van der Waals surface area contributed by atoms with Crippen LogP contribution in [0, 0.1) is 0 Å². The maximum absolute atomic E-state index is 14.9. The Morgan fingerprint density at radius 1 is 0.513 bits per heavy atom. The molecular formula is C62H58N6O7S. The number of fused-ring (bicyclic) bond motifs is 2. The van der Waals surface area contributed by atoms with Crippen LogP contribution in [0.3, 0.4) is 0 Å². The maximum Gasteiger partial charge on any atom is 0.340 e. The molecule has 2 aliphatic rings. The van der Waals surface area contributed by atoms with Crippen molar-refractivity contribution in [3.8, 4) is 26.6 Å². The molecule has 2 amide bonds. The number of hydrogen-bond donors (Lipinski definition) is 2. The van der Waals surface area contributed by atoms with Crippen LogP contribution in [0.2, 0.25) is 0 Å². The van der Waals surface area contributed by atoms with E-state index in [1.54, 1.807) is 31.4 Å². The molecule has 13 nitrogen and oxygen atoms in total. The van der Waals surface area contributed by atoms with Gasteiger partial charge in [0.1, 0.15) is 5.75 Å². The second-order valence-electron chi connectivity index (χ2n) is 19.8. The number of nitrogens with one attached hydrogen (secondary N) is 1. The summed E-state index contributed by atoms with van der Waals surface area (Å²) in [6.07, 6.45) is 0. The van der Waals surface area contributed by atoms with Gasteiger partial charge in [-0.05, 0) is 89.5 Å². The van der Waals surface area contributed by atoms with E-state index in [4.69, 9.17) is 19.9 Å². The number of esters is 2. The van der Waals surface area contributed by atoms with Crippen LogP contribution in [-0.4, -0.2) is 87.2 Å². The number of benzene rings is 7. The highest BCUT2D eigenvalue weighted by molar-refractivity contribution is 7.19. The van der Waals surface area contributed by atoms with Gasteiger partial charge >= 0.3 is 11.9 Å².